The Morgan fingerprint density at radius 1 is 1.35 bits per heavy atom. The number of benzene rings is 1. The first-order valence-electron chi connectivity index (χ1n) is 6.46. The fourth-order valence-corrected chi connectivity index (χ4v) is 4.26. The Bertz CT molecular complexity index is 481. The topological polar surface area (TPSA) is 12.0 Å². The molecule has 0 amide bonds. The second-order valence-electron chi connectivity index (χ2n) is 5.22. The molecule has 1 nitrogen and oxygen atoms in total. The van der Waals surface area contributed by atoms with Gasteiger partial charge in [0.2, 0.25) is 0 Å². The molecule has 2 rings (SSSR count). The summed E-state index contributed by atoms with van der Waals surface area (Å²) >= 11 is 1.75. The molecule has 0 bridgehead atoms. The van der Waals surface area contributed by atoms with Crippen molar-refractivity contribution in [2.24, 2.45) is 0 Å². The maximum Gasteiger partial charge on any atom is 0.419 e. The van der Waals surface area contributed by atoms with Crippen LogP contribution < -0.4 is 5.32 Å². The number of hydrogen-bond acceptors (Lipinski definition) is 2. The lowest BCUT2D eigenvalue weighted by Gasteiger charge is -2.33. The maximum absolute atomic E-state index is 13.4. The van der Waals surface area contributed by atoms with E-state index in [1.165, 1.54) is 6.07 Å². The summed E-state index contributed by atoms with van der Waals surface area (Å²) in [5, 5.41) is 3.09. The number of hydrogen-bond donors (Lipinski definition) is 1. The van der Waals surface area contributed by atoms with Crippen molar-refractivity contribution in [2.45, 2.75) is 36.7 Å². The van der Waals surface area contributed by atoms with Crippen molar-refractivity contribution in [3.05, 3.63) is 35.1 Å². The van der Waals surface area contributed by atoms with Crippen LogP contribution in [0.1, 0.15) is 36.9 Å². The molecule has 0 spiro atoms. The van der Waals surface area contributed by atoms with E-state index in [0.29, 0.717) is 5.56 Å². The first-order chi connectivity index (χ1) is 9.28. The molecule has 1 heterocycles. The van der Waals surface area contributed by atoms with E-state index in [0.717, 1.165) is 30.7 Å². The third-order valence-corrected chi connectivity index (χ3v) is 5.37. The van der Waals surface area contributed by atoms with Crippen LogP contribution in [0.3, 0.4) is 0 Å². The number of alkyl halides is 3. The molecule has 1 N–H and O–H groups in total. The van der Waals surface area contributed by atoms with Gasteiger partial charge in [-0.05, 0) is 50.3 Å². The van der Waals surface area contributed by atoms with Crippen molar-refractivity contribution in [1.82, 2.24) is 5.32 Å². The van der Waals surface area contributed by atoms with E-state index in [2.05, 4.69) is 5.32 Å². The zero-order chi connectivity index (χ0) is 15.0. The van der Waals surface area contributed by atoms with Gasteiger partial charge in [-0.2, -0.15) is 24.9 Å². The highest BCUT2D eigenvalue weighted by Crippen LogP contribution is 2.47. The molecule has 1 fully saturated rings. The molecule has 1 aromatic carbocycles. The van der Waals surface area contributed by atoms with E-state index in [9.17, 15) is 17.6 Å². The van der Waals surface area contributed by atoms with Gasteiger partial charge in [-0.25, -0.2) is 4.39 Å². The molecule has 112 valence electrons. The van der Waals surface area contributed by atoms with Gasteiger partial charge in [0.25, 0.3) is 0 Å². The molecule has 0 saturated carbocycles. The first kappa shape index (κ1) is 15.6. The van der Waals surface area contributed by atoms with E-state index in [-0.39, 0.29) is 10.8 Å². The number of thioether (sulfide) groups is 1. The molecule has 1 aromatic rings. The molecular weight excluding hydrogens is 290 g/mol. The standard InChI is InChI=1S/C14H17F4NS/c1-13(6-3-7-20-13)12(19-2)9-4-5-11(15)10(8-9)14(16,17)18/h4-5,8,12,19H,3,6-7H2,1-2H3. The SMILES string of the molecule is CNC(c1ccc(F)c(C(F)(F)F)c1)C1(C)CCCS1. The van der Waals surface area contributed by atoms with Crippen molar-refractivity contribution in [3.8, 4) is 0 Å². The van der Waals surface area contributed by atoms with Crippen LogP contribution in [-0.4, -0.2) is 17.5 Å². The average Bonchev–Trinajstić information content (AvgIpc) is 2.78. The summed E-state index contributed by atoms with van der Waals surface area (Å²) in [6, 6.07) is 3.05. The smallest absolute Gasteiger partial charge is 0.312 e. The Morgan fingerprint density at radius 3 is 2.55 bits per heavy atom. The molecule has 0 aliphatic carbocycles. The van der Waals surface area contributed by atoms with Gasteiger partial charge >= 0.3 is 6.18 Å². The summed E-state index contributed by atoms with van der Waals surface area (Å²) in [4.78, 5) is 0. The van der Waals surface area contributed by atoms with Gasteiger partial charge < -0.3 is 5.32 Å². The van der Waals surface area contributed by atoms with Crippen molar-refractivity contribution < 1.29 is 17.6 Å². The number of nitrogens with one attached hydrogen (secondary N) is 1. The van der Waals surface area contributed by atoms with E-state index in [1.807, 2.05) is 6.92 Å². The lowest BCUT2D eigenvalue weighted by atomic mass is 9.89. The van der Waals surface area contributed by atoms with Crippen molar-refractivity contribution in [3.63, 3.8) is 0 Å². The van der Waals surface area contributed by atoms with E-state index < -0.39 is 17.6 Å². The van der Waals surface area contributed by atoms with Crippen LogP contribution in [0.4, 0.5) is 17.6 Å². The van der Waals surface area contributed by atoms with Crippen molar-refractivity contribution in [1.29, 1.82) is 0 Å². The maximum atomic E-state index is 13.4. The summed E-state index contributed by atoms with van der Waals surface area (Å²) in [6.45, 7) is 2.04. The molecule has 20 heavy (non-hydrogen) atoms. The van der Waals surface area contributed by atoms with Crippen LogP contribution in [0.2, 0.25) is 0 Å². The van der Waals surface area contributed by atoms with Crippen LogP contribution in [0, 0.1) is 5.82 Å². The highest BCUT2D eigenvalue weighted by molar-refractivity contribution is 8.00. The minimum Gasteiger partial charge on any atom is -0.312 e. The highest BCUT2D eigenvalue weighted by atomic mass is 32.2. The molecule has 2 atom stereocenters. The van der Waals surface area contributed by atoms with Crippen LogP contribution in [0.25, 0.3) is 0 Å². The average molecular weight is 307 g/mol. The predicted molar refractivity (Wildman–Crippen MR) is 73.3 cm³/mol. The quantitative estimate of drug-likeness (QED) is 0.831. The molecular formula is C14H17F4NS. The monoisotopic (exact) mass is 307 g/mol. The Morgan fingerprint density at radius 2 is 2.05 bits per heavy atom. The summed E-state index contributed by atoms with van der Waals surface area (Å²) in [7, 11) is 1.73. The zero-order valence-corrected chi connectivity index (χ0v) is 12.2. The van der Waals surface area contributed by atoms with Gasteiger partial charge in [-0.3, -0.25) is 0 Å². The van der Waals surface area contributed by atoms with Gasteiger partial charge in [0.1, 0.15) is 5.82 Å². The Kier molecular flexibility index (Phi) is 4.35. The Hall–Kier alpha value is -0.750. The summed E-state index contributed by atoms with van der Waals surface area (Å²) < 4.78 is 51.6. The van der Waals surface area contributed by atoms with Crippen LogP contribution in [-0.2, 0) is 6.18 Å². The number of rotatable bonds is 3. The number of halogens is 4. The molecule has 1 aliphatic heterocycles. The minimum atomic E-state index is -4.66. The molecule has 1 aliphatic rings. The molecule has 0 aromatic heterocycles. The zero-order valence-electron chi connectivity index (χ0n) is 11.4. The lowest BCUT2D eigenvalue weighted by Crippen LogP contribution is -2.35. The first-order valence-corrected chi connectivity index (χ1v) is 7.44. The summed E-state index contributed by atoms with van der Waals surface area (Å²) in [6.07, 6.45) is -2.68. The molecule has 6 heteroatoms. The fraction of sp³-hybridized carbons (Fsp3) is 0.571. The molecule has 1 saturated heterocycles. The third-order valence-electron chi connectivity index (χ3n) is 3.78. The Balaban J connectivity index is 2.41. The van der Waals surface area contributed by atoms with Gasteiger partial charge in [0.15, 0.2) is 0 Å². The largest absolute Gasteiger partial charge is 0.419 e. The summed E-state index contributed by atoms with van der Waals surface area (Å²) in [5.74, 6) is -0.220. The third kappa shape index (κ3) is 2.96. The van der Waals surface area contributed by atoms with Crippen LogP contribution in [0.5, 0.6) is 0 Å². The van der Waals surface area contributed by atoms with Crippen LogP contribution in [0.15, 0.2) is 18.2 Å². The van der Waals surface area contributed by atoms with Gasteiger partial charge in [0.05, 0.1) is 5.56 Å². The minimum absolute atomic E-state index is 0.157. The second kappa shape index (κ2) is 5.56. The molecule has 0 radical (unpaired) electrons. The normalized spacial score (nSPS) is 24.9. The van der Waals surface area contributed by atoms with Crippen molar-refractivity contribution in [2.75, 3.05) is 12.8 Å². The van der Waals surface area contributed by atoms with Crippen LogP contribution >= 0.6 is 11.8 Å². The van der Waals surface area contributed by atoms with E-state index >= 15 is 0 Å². The summed E-state index contributed by atoms with van der Waals surface area (Å²) in [5.41, 5.74) is -0.708. The second-order valence-corrected chi connectivity index (χ2v) is 6.85. The van der Waals surface area contributed by atoms with Crippen molar-refractivity contribution >= 4 is 11.8 Å². The van der Waals surface area contributed by atoms with Gasteiger partial charge in [-0.15, -0.1) is 0 Å². The predicted octanol–water partition coefficient (Wildman–Crippen LogP) is 4.39. The van der Waals surface area contributed by atoms with E-state index in [4.69, 9.17) is 0 Å². The lowest BCUT2D eigenvalue weighted by molar-refractivity contribution is -0.140. The fourth-order valence-electron chi connectivity index (χ4n) is 2.79. The Labute approximate surface area is 120 Å². The van der Waals surface area contributed by atoms with Gasteiger partial charge in [-0.1, -0.05) is 6.07 Å². The van der Waals surface area contributed by atoms with E-state index in [1.54, 1.807) is 18.8 Å². The molecule has 2 unspecified atom stereocenters. The van der Waals surface area contributed by atoms with Gasteiger partial charge in [0, 0.05) is 10.8 Å². The highest BCUT2D eigenvalue weighted by Gasteiger charge is 2.40.